The third-order valence-electron chi connectivity index (χ3n) is 1.64. The number of hydrogen-bond acceptors (Lipinski definition) is 2. The Labute approximate surface area is 83.2 Å². The van der Waals surface area contributed by atoms with E-state index in [0.717, 1.165) is 11.1 Å². The first-order valence-electron chi connectivity index (χ1n) is 4.21. The Hall–Kier alpha value is -2.06. The van der Waals surface area contributed by atoms with Crippen molar-refractivity contribution in [1.82, 2.24) is 0 Å². The van der Waals surface area contributed by atoms with Gasteiger partial charge in [0.1, 0.15) is 5.78 Å². The molecule has 0 heterocycles. The van der Waals surface area contributed by atoms with Crippen LogP contribution in [-0.2, 0) is 11.2 Å². The molecule has 0 saturated heterocycles. The quantitative estimate of drug-likeness (QED) is 0.655. The summed E-state index contributed by atoms with van der Waals surface area (Å²) in [5, 5.41) is 8.26. The van der Waals surface area contributed by atoms with Gasteiger partial charge in [0, 0.05) is 17.9 Å². The van der Waals surface area contributed by atoms with E-state index < -0.39 is 0 Å². The Morgan fingerprint density at radius 2 is 2.29 bits per heavy atom. The van der Waals surface area contributed by atoms with Crippen LogP contribution in [-0.4, -0.2) is 5.78 Å². The van der Waals surface area contributed by atoms with E-state index in [9.17, 15) is 4.79 Å². The van der Waals surface area contributed by atoms with Gasteiger partial charge in [-0.1, -0.05) is 18.1 Å². The van der Waals surface area contributed by atoms with E-state index in [-0.39, 0.29) is 5.78 Å². The molecule has 0 atom stereocenters. The summed E-state index contributed by atoms with van der Waals surface area (Å²) in [5.74, 6) is 5.12. The highest BCUT2D eigenvalue weighted by Gasteiger charge is 1.97. The van der Waals surface area contributed by atoms with Gasteiger partial charge in [0.05, 0.1) is 0 Å². The minimum Gasteiger partial charge on any atom is -0.300 e. The fourth-order valence-electron chi connectivity index (χ4n) is 1.15. The predicted molar refractivity (Wildman–Crippen MR) is 53.3 cm³/mol. The average molecular weight is 183 g/mol. The number of carbonyl (C=O) groups excluding carboxylic acids is 1. The molecule has 1 aromatic carbocycles. The van der Waals surface area contributed by atoms with E-state index in [1.807, 2.05) is 24.3 Å². The molecule has 2 heteroatoms. The minimum atomic E-state index is 0.121. The molecule has 0 saturated carbocycles. The molecule has 0 fully saturated rings. The summed E-state index contributed by atoms with van der Waals surface area (Å²) in [6, 6.07) is 9.09. The lowest BCUT2D eigenvalue weighted by Crippen LogP contribution is -1.96. The van der Waals surface area contributed by atoms with Crippen LogP contribution in [0.3, 0.4) is 0 Å². The largest absolute Gasteiger partial charge is 0.300 e. The molecule has 0 bridgehead atoms. The summed E-state index contributed by atoms with van der Waals surface area (Å²) in [7, 11) is 0. The zero-order chi connectivity index (χ0) is 10.4. The Bertz CT molecular complexity index is 443. The molecule has 0 aliphatic rings. The molecule has 0 unspecified atom stereocenters. The van der Waals surface area contributed by atoms with Crippen molar-refractivity contribution in [3.8, 4) is 17.9 Å². The van der Waals surface area contributed by atoms with Gasteiger partial charge in [-0.2, -0.15) is 5.26 Å². The second-order valence-corrected chi connectivity index (χ2v) is 2.94. The van der Waals surface area contributed by atoms with Crippen molar-refractivity contribution in [2.24, 2.45) is 0 Å². The summed E-state index contributed by atoms with van der Waals surface area (Å²) < 4.78 is 0. The van der Waals surface area contributed by atoms with Crippen LogP contribution < -0.4 is 0 Å². The average Bonchev–Trinajstić information content (AvgIpc) is 2.14. The van der Waals surface area contributed by atoms with Crippen molar-refractivity contribution in [2.45, 2.75) is 13.3 Å². The number of carbonyl (C=O) groups is 1. The number of nitriles is 1. The number of rotatable bonds is 2. The van der Waals surface area contributed by atoms with Crippen LogP contribution >= 0.6 is 0 Å². The van der Waals surface area contributed by atoms with E-state index in [1.165, 1.54) is 0 Å². The summed E-state index contributed by atoms with van der Waals surface area (Å²) in [6.45, 7) is 1.55. The van der Waals surface area contributed by atoms with Gasteiger partial charge in [-0.15, -0.1) is 0 Å². The fraction of sp³-hybridized carbons (Fsp3) is 0.167. The van der Waals surface area contributed by atoms with E-state index in [4.69, 9.17) is 5.26 Å². The molecule has 0 N–H and O–H groups in total. The Morgan fingerprint density at radius 1 is 1.50 bits per heavy atom. The molecule has 0 aliphatic carbocycles. The van der Waals surface area contributed by atoms with E-state index in [1.54, 1.807) is 13.0 Å². The van der Waals surface area contributed by atoms with Gasteiger partial charge < -0.3 is 0 Å². The monoisotopic (exact) mass is 183 g/mol. The highest BCUT2D eigenvalue weighted by atomic mass is 16.1. The van der Waals surface area contributed by atoms with Gasteiger partial charge in [0.25, 0.3) is 0 Å². The molecule has 1 aromatic rings. The van der Waals surface area contributed by atoms with E-state index in [2.05, 4.69) is 11.8 Å². The molecule has 0 aliphatic heterocycles. The first-order valence-corrected chi connectivity index (χ1v) is 4.21. The zero-order valence-corrected chi connectivity index (χ0v) is 7.87. The van der Waals surface area contributed by atoms with Gasteiger partial charge in [-0.05, 0) is 24.6 Å². The Balaban J connectivity index is 2.90. The Morgan fingerprint density at radius 3 is 2.93 bits per heavy atom. The van der Waals surface area contributed by atoms with Crippen molar-refractivity contribution in [1.29, 1.82) is 5.26 Å². The second-order valence-electron chi connectivity index (χ2n) is 2.94. The van der Waals surface area contributed by atoms with Crippen LogP contribution in [0.15, 0.2) is 24.3 Å². The summed E-state index contributed by atoms with van der Waals surface area (Å²) >= 11 is 0. The third kappa shape index (κ3) is 3.13. The van der Waals surface area contributed by atoms with Gasteiger partial charge in [-0.3, -0.25) is 4.79 Å². The Kier molecular flexibility index (Phi) is 3.47. The maximum absolute atomic E-state index is 10.9. The SMILES string of the molecule is CC(=O)Cc1cccc(C#CC#N)c1. The van der Waals surface area contributed by atoms with Crippen molar-refractivity contribution < 1.29 is 4.79 Å². The number of ketones is 1. The molecule has 0 amide bonds. The number of benzene rings is 1. The van der Waals surface area contributed by atoms with Gasteiger partial charge in [0.15, 0.2) is 6.07 Å². The van der Waals surface area contributed by atoms with Crippen LogP contribution in [0.2, 0.25) is 0 Å². The topological polar surface area (TPSA) is 40.9 Å². The fourth-order valence-corrected chi connectivity index (χ4v) is 1.15. The van der Waals surface area contributed by atoms with Crippen molar-refractivity contribution in [3.05, 3.63) is 35.4 Å². The molecule has 14 heavy (non-hydrogen) atoms. The number of hydrogen-bond donors (Lipinski definition) is 0. The van der Waals surface area contributed by atoms with Gasteiger partial charge >= 0.3 is 0 Å². The molecule has 68 valence electrons. The van der Waals surface area contributed by atoms with Crippen molar-refractivity contribution >= 4 is 5.78 Å². The molecule has 1 rings (SSSR count). The van der Waals surface area contributed by atoms with E-state index in [0.29, 0.717) is 6.42 Å². The lowest BCUT2D eigenvalue weighted by Gasteiger charge is -1.97. The van der Waals surface area contributed by atoms with Gasteiger partial charge in [0.2, 0.25) is 0 Å². The lowest BCUT2D eigenvalue weighted by atomic mass is 10.1. The van der Waals surface area contributed by atoms with Crippen LogP contribution in [0.4, 0.5) is 0 Å². The summed E-state index contributed by atoms with van der Waals surface area (Å²) in [5.41, 5.74) is 1.70. The smallest absolute Gasteiger partial charge is 0.152 e. The number of Topliss-reactive ketones (excluding diaryl/α,β-unsaturated/α-hetero) is 1. The van der Waals surface area contributed by atoms with Crippen molar-refractivity contribution in [2.75, 3.05) is 0 Å². The molecule has 0 aromatic heterocycles. The van der Waals surface area contributed by atoms with Crippen molar-refractivity contribution in [3.63, 3.8) is 0 Å². The van der Waals surface area contributed by atoms with Crippen LogP contribution in [0.1, 0.15) is 18.1 Å². The molecule has 0 radical (unpaired) electrons. The summed E-state index contributed by atoms with van der Waals surface area (Å²) in [6.07, 6.45) is 0.419. The van der Waals surface area contributed by atoms with Gasteiger partial charge in [-0.25, -0.2) is 0 Å². The van der Waals surface area contributed by atoms with E-state index >= 15 is 0 Å². The lowest BCUT2D eigenvalue weighted by molar-refractivity contribution is -0.116. The maximum atomic E-state index is 10.9. The molecule has 2 nitrogen and oxygen atoms in total. The van der Waals surface area contributed by atoms with Crippen LogP contribution in [0.25, 0.3) is 0 Å². The van der Waals surface area contributed by atoms with Crippen LogP contribution in [0.5, 0.6) is 0 Å². The predicted octanol–water partition coefficient (Wildman–Crippen LogP) is 1.69. The standard InChI is InChI=1S/C12H9NO/c1-10(14)8-12-5-2-4-11(9-12)6-3-7-13/h2,4-5,9H,8H2,1H3. The molecular weight excluding hydrogens is 174 g/mol. The summed E-state index contributed by atoms with van der Waals surface area (Å²) in [4.78, 5) is 10.9. The minimum absolute atomic E-state index is 0.121. The molecule has 0 spiro atoms. The zero-order valence-electron chi connectivity index (χ0n) is 7.87. The highest BCUT2D eigenvalue weighted by molar-refractivity contribution is 5.78. The molecular formula is C12H9NO. The second kappa shape index (κ2) is 4.84. The van der Waals surface area contributed by atoms with Crippen LogP contribution in [0, 0.1) is 23.2 Å². The highest BCUT2D eigenvalue weighted by Crippen LogP contribution is 2.05. The third-order valence-corrected chi connectivity index (χ3v) is 1.64. The first kappa shape index (κ1) is 10.0. The first-order chi connectivity index (χ1) is 6.72. The normalized spacial score (nSPS) is 8.29. The number of nitrogens with zero attached hydrogens (tertiary/aromatic N) is 1. The maximum Gasteiger partial charge on any atom is 0.152 e.